The first kappa shape index (κ1) is 15.8. The first-order valence-corrected chi connectivity index (χ1v) is 8.98. The maximum Gasteiger partial charge on any atom is 0.231 e. The van der Waals surface area contributed by atoms with Gasteiger partial charge in [-0.3, -0.25) is 4.79 Å². The summed E-state index contributed by atoms with van der Waals surface area (Å²) in [5, 5.41) is 8.80. The van der Waals surface area contributed by atoms with Gasteiger partial charge < -0.3 is 14.6 Å². The van der Waals surface area contributed by atoms with Gasteiger partial charge in [-0.25, -0.2) is 0 Å². The van der Waals surface area contributed by atoms with Crippen LogP contribution in [0.3, 0.4) is 0 Å². The molecular weight excluding hydrogens is 338 g/mol. The van der Waals surface area contributed by atoms with Crippen LogP contribution in [0, 0.1) is 5.92 Å². The van der Waals surface area contributed by atoms with E-state index in [1.807, 2.05) is 41.8 Å². The van der Waals surface area contributed by atoms with Crippen LogP contribution >= 0.6 is 11.3 Å². The molecule has 1 aliphatic rings. The summed E-state index contributed by atoms with van der Waals surface area (Å²) in [7, 11) is 0. The molecule has 0 aliphatic carbocycles. The number of aromatic nitrogens is 2. The van der Waals surface area contributed by atoms with E-state index in [9.17, 15) is 4.79 Å². The number of para-hydroxylation sites is 1. The molecule has 0 radical (unpaired) electrons. The highest BCUT2D eigenvalue weighted by molar-refractivity contribution is 7.09. The Morgan fingerprint density at radius 2 is 2.20 bits per heavy atom. The number of fused-ring (bicyclic) bond motifs is 1. The molecule has 25 heavy (non-hydrogen) atoms. The number of thiophene rings is 1. The van der Waals surface area contributed by atoms with Crippen molar-refractivity contribution >= 4 is 17.2 Å². The van der Waals surface area contributed by atoms with Crippen molar-refractivity contribution in [2.45, 2.75) is 19.4 Å². The van der Waals surface area contributed by atoms with E-state index in [4.69, 9.17) is 9.26 Å². The van der Waals surface area contributed by atoms with Crippen LogP contribution in [0.2, 0.25) is 0 Å². The van der Waals surface area contributed by atoms with Crippen molar-refractivity contribution in [3.8, 4) is 5.75 Å². The Hall–Kier alpha value is -2.67. The Bertz CT molecular complexity index is 860. The minimum atomic E-state index is -0.201. The lowest BCUT2D eigenvalue weighted by Gasteiger charge is -2.24. The lowest BCUT2D eigenvalue weighted by molar-refractivity contribution is -0.126. The van der Waals surface area contributed by atoms with Crippen molar-refractivity contribution in [2.24, 2.45) is 5.92 Å². The van der Waals surface area contributed by atoms with Crippen molar-refractivity contribution in [1.82, 2.24) is 15.5 Å². The van der Waals surface area contributed by atoms with Gasteiger partial charge in [-0.2, -0.15) is 4.98 Å². The summed E-state index contributed by atoms with van der Waals surface area (Å²) in [6.45, 7) is 0.642. The first-order chi connectivity index (χ1) is 12.3. The van der Waals surface area contributed by atoms with E-state index >= 15 is 0 Å². The molecule has 0 unspecified atom stereocenters. The number of amides is 1. The van der Waals surface area contributed by atoms with Gasteiger partial charge in [0.25, 0.3) is 0 Å². The monoisotopic (exact) mass is 355 g/mol. The fourth-order valence-corrected chi connectivity index (χ4v) is 3.50. The Balaban J connectivity index is 1.31. The van der Waals surface area contributed by atoms with Gasteiger partial charge in [-0.15, -0.1) is 11.3 Å². The fourth-order valence-electron chi connectivity index (χ4n) is 2.80. The summed E-state index contributed by atoms with van der Waals surface area (Å²) < 4.78 is 10.9. The number of hydrogen-bond donors (Lipinski definition) is 1. The Kier molecular flexibility index (Phi) is 4.47. The maximum atomic E-state index is 12.4. The summed E-state index contributed by atoms with van der Waals surface area (Å²) in [4.78, 5) is 17.9. The van der Waals surface area contributed by atoms with Crippen LogP contribution < -0.4 is 10.1 Å². The first-order valence-electron chi connectivity index (χ1n) is 8.10. The van der Waals surface area contributed by atoms with E-state index in [0.717, 1.165) is 16.2 Å². The van der Waals surface area contributed by atoms with Crippen LogP contribution in [0.5, 0.6) is 5.75 Å². The molecule has 0 saturated carbocycles. The van der Waals surface area contributed by atoms with Crippen molar-refractivity contribution < 1.29 is 14.1 Å². The second-order valence-electron chi connectivity index (χ2n) is 5.90. The topological polar surface area (TPSA) is 77.3 Å². The number of benzene rings is 1. The quantitative estimate of drug-likeness (QED) is 0.761. The summed E-state index contributed by atoms with van der Waals surface area (Å²) in [5.41, 5.74) is 1.06. The number of nitrogens with one attached hydrogen (secondary N) is 1. The lowest BCUT2D eigenvalue weighted by atomic mass is 9.96. The van der Waals surface area contributed by atoms with Crippen LogP contribution in [0.15, 0.2) is 46.3 Å². The summed E-state index contributed by atoms with van der Waals surface area (Å²) >= 11 is 1.65. The average molecular weight is 355 g/mol. The molecule has 1 aliphatic heterocycles. The van der Waals surface area contributed by atoms with Gasteiger partial charge in [-0.1, -0.05) is 29.4 Å². The van der Waals surface area contributed by atoms with Crippen molar-refractivity contribution in [3.05, 3.63) is 63.9 Å². The molecule has 4 rings (SSSR count). The van der Waals surface area contributed by atoms with Gasteiger partial charge in [0.05, 0.1) is 18.9 Å². The molecule has 1 aromatic carbocycles. The SMILES string of the molecule is O=C(NCc1noc(Cc2cccs2)n1)[C@H]1COc2ccccc2C1. The zero-order valence-corrected chi connectivity index (χ0v) is 14.3. The molecular formula is C18H17N3O3S. The largest absolute Gasteiger partial charge is 0.492 e. The zero-order valence-electron chi connectivity index (χ0n) is 13.5. The smallest absolute Gasteiger partial charge is 0.231 e. The predicted molar refractivity (Wildman–Crippen MR) is 92.4 cm³/mol. The molecule has 3 heterocycles. The summed E-state index contributed by atoms with van der Waals surface area (Å²) in [6.07, 6.45) is 1.30. The van der Waals surface area contributed by atoms with E-state index in [1.54, 1.807) is 11.3 Å². The Morgan fingerprint density at radius 3 is 3.08 bits per heavy atom. The van der Waals surface area contributed by atoms with Crippen LogP contribution in [0.1, 0.15) is 22.2 Å². The third-order valence-corrected chi connectivity index (χ3v) is 4.96. The molecule has 0 spiro atoms. The Morgan fingerprint density at radius 1 is 1.28 bits per heavy atom. The highest BCUT2D eigenvalue weighted by atomic mass is 32.1. The third kappa shape index (κ3) is 3.71. The minimum Gasteiger partial charge on any atom is -0.492 e. The van der Waals surface area contributed by atoms with E-state index in [2.05, 4.69) is 15.5 Å². The van der Waals surface area contributed by atoms with E-state index in [1.165, 1.54) is 0 Å². The van der Waals surface area contributed by atoms with Crippen molar-refractivity contribution in [2.75, 3.05) is 6.61 Å². The van der Waals surface area contributed by atoms with E-state index in [-0.39, 0.29) is 18.4 Å². The highest BCUT2D eigenvalue weighted by Gasteiger charge is 2.25. The van der Waals surface area contributed by atoms with Gasteiger partial charge in [0.2, 0.25) is 11.8 Å². The normalized spacial score (nSPS) is 16.1. The molecule has 0 bridgehead atoms. The predicted octanol–water partition coefficient (Wildman–Crippen LogP) is 2.59. The zero-order chi connectivity index (χ0) is 17.1. The molecule has 0 fully saturated rings. The van der Waals surface area contributed by atoms with E-state index < -0.39 is 0 Å². The standard InChI is InChI=1S/C18H17N3O3S/c22-18(13-8-12-4-1-2-6-15(12)23-11-13)19-10-16-20-17(24-21-16)9-14-5-3-7-25-14/h1-7,13H,8-11H2,(H,19,22)/t13-/m1/s1. The second-order valence-corrected chi connectivity index (χ2v) is 6.93. The molecule has 1 N–H and O–H groups in total. The molecule has 1 amide bonds. The number of carbonyl (C=O) groups excluding carboxylic acids is 1. The number of ether oxygens (including phenoxy) is 1. The van der Waals surface area contributed by atoms with Gasteiger partial charge in [0.15, 0.2) is 5.82 Å². The fraction of sp³-hybridized carbons (Fsp3) is 0.278. The summed E-state index contributed by atoms with van der Waals surface area (Å²) in [6, 6.07) is 11.8. The molecule has 2 aromatic heterocycles. The molecule has 1 atom stereocenters. The molecule has 0 saturated heterocycles. The second kappa shape index (κ2) is 7.06. The number of hydrogen-bond acceptors (Lipinski definition) is 6. The van der Waals surface area contributed by atoms with E-state index in [0.29, 0.717) is 31.2 Å². The average Bonchev–Trinajstić information content (AvgIpc) is 3.32. The molecule has 3 aromatic rings. The molecule has 7 heteroatoms. The Labute approximate surface area is 148 Å². The van der Waals surface area contributed by atoms with Crippen molar-refractivity contribution in [3.63, 3.8) is 0 Å². The number of nitrogens with zero attached hydrogens (tertiary/aromatic N) is 2. The molecule has 6 nitrogen and oxygen atoms in total. The van der Waals surface area contributed by atoms with Gasteiger partial charge >= 0.3 is 0 Å². The highest BCUT2D eigenvalue weighted by Crippen LogP contribution is 2.26. The minimum absolute atomic E-state index is 0.0564. The van der Waals surface area contributed by atoms with Gasteiger partial charge in [0, 0.05) is 4.88 Å². The van der Waals surface area contributed by atoms with Crippen LogP contribution in [0.25, 0.3) is 0 Å². The number of rotatable bonds is 5. The van der Waals surface area contributed by atoms with Gasteiger partial charge in [0.1, 0.15) is 12.4 Å². The maximum absolute atomic E-state index is 12.4. The van der Waals surface area contributed by atoms with Crippen LogP contribution in [0.4, 0.5) is 0 Å². The lowest BCUT2D eigenvalue weighted by Crippen LogP contribution is -2.37. The number of carbonyl (C=O) groups is 1. The van der Waals surface area contributed by atoms with Crippen molar-refractivity contribution in [1.29, 1.82) is 0 Å². The van der Waals surface area contributed by atoms with Crippen LogP contribution in [-0.4, -0.2) is 22.7 Å². The third-order valence-electron chi connectivity index (χ3n) is 4.09. The summed E-state index contributed by atoms with van der Waals surface area (Å²) in [5.74, 6) is 1.65. The van der Waals surface area contributed by atoms with Crippen LogP contribution in [-0.2, 0) is 24.2 Å². The molecule has 128 valence electrons. The van der Waals surface area contributed by atoms with Gasteiger partial charge in [-0.05, 0) is 29.5 Å².